The summed E-state index contributed by atoms with van der Waals surface area (Å²) in [5.41, 5.74) is 3.03. The number of nitrogens with zero attached hydrogens (tertiary/aromatic N) is 1. The largest absolute Gasteiger partial charge is 0.493 e. The second-order valence-corrected chi connectivity index (χ2v) is 7.18. The molecule has 0 unspecified atom stereocenters. The molecular formula is C21H19IN2O4. The lowest BCUT2D eigenvalue weighted by molar-refractivity contribution is -0.132. The van der Waals surface area contributed by atoms with Gasteiger partial charge in [-0.3, -0.25) is 9.59 Å². The van der Waals surface area contributed by atoms with Crippen LogP contribution < -0.4 is 14.8 Å². The smallest absolute Gasteiger partial charge is 0.308 e. The first-order valence-corrected chi connectivity index (χ1v) is 9.40. The number of rotatable bonds is 5. The summed E-state index contributed by atoms with van der Waals surface area (Å²) >= 11 is 2.00. The second-order valence-electron chi connectivity index (χ2n) is 6.02. The Morgan fingerprint density at radius 1 is 1.21 bits per heavy atom. The van der Waals surface area contributed by atoms with Crippen LogP contribution in [0.1, 0.15) is 23.6 Å². The molecule has 2 aromatic rings. The maximum absolute atomic E-state index is 12.6. The molecule has 7 heteroatoms. The van der Waals surface area contributed by atoms with Crippen molar-refractivity contribution in [1.29, 1.82) is 5.26 Å². The monoisotopic (exact) mass is 490 g/mol. The molecule has 0 saturated carbocycles. The summed E-state index contributed by atoms with van der Waals surface area (Å²) < 4.78 is 11.1. The number of nitriles is 1. The van der Waals surface area contributed by atoms with Crippen molar-refractivity contribution in [2.24, 2.45) is 0 Å². The summed E-state index contributed by atoms with van der Waals surface area (Å²) in [6.45, 7) is 5.08. The minimum Gasteiger partial charge on any atom is -0.493 e. The zero-order valence-corrected chi connectivity index (χ0v) is 18.1. The third-order valence-corrected chi connectivity index (χ3v) is 4.69. The number of esters is 1. The van der Waals surface area contributed by atoms with Crippen LogP contribution in [0.15, 0.2) is 35.9 Å². The van der Waals surface area contributed by atoms with Gasteiger partial charge >= 0.3 is 5.97 Å². The first-order chi connectivity index (χ1) is 13.3. The highest BCUT2D eigenvalue weighted by Crippen LogP contribution is 2.34. The van der Waals surface area contributed by atoms with Crippen molar-refractivity contribution >= 4 is 46.2 Å². The number of carbonyl (C=O) groups is 2. The summed E-state index contributed by atoms with van der Waals surface area (Å²) in [5.74, 6) is -0.338. The van der Waals surface area contributed by atoms with E-state index in [0.29, 0.717) is 26.3 Å². The number of halogens is 1. The number of benzene rings is 2. The van der Waals surface area contributed by atoms with Crippen molar-refractivity contribution in [3.05, 3.63) is 56.2 Å². The fourth-order valence-corrected chi connectivity index (χ4v) is 3.31. The number of aryl methyl sites for hydroxylation is 2. The number of anilines is 1. The highest BCUT2D eigenvalue weighted by Gasteiger charge is 2.16. The van der Waals surface area contributed by atoms with Gasteiger partial charge in [0.05, 0.1) is 10.7 Å². The Hall–Kier alpha value is -2.86. The summed E-state index contributed by atoms with van der Waals surface area (Å²) in [7, 11) is 1.45. The molecule has 28 heavy (non-hydrogen) atoms. The molecule has 0 radical (unpaired) electrons. The van der Waals surface area contributed by atoms with Gasteiger partial charge < -0.3 is 14.8 Å². The van der Waals surface area contributed by atoms with Gasteiger partial charge in [-0.25, -0.2) is 0 Å². The molecule has 144 valence electrons. The van der Waals surface area contributed by atoms with Crippen LogP contribution in [-0.2, 0) is 9.59 Å². The summed E-state index contributed by atoms with van der Waals surface area (Å²) in [4.78, 5) is 23.9. The van der Waals surface area contributed by atoms with Crippen LogP contribution in [0.5, 0.6) is 11.5 Å². The van der Waals surface area contributed by atoms with Gasteiger partial charge in [0, 0.05) is 12.6 Å². The Labute approximate surface area is 177 Å². The van der Waals surface area contributed by atoms with Gasteiger partial charge in [0.1, 0.15) is 11.6 Å². The predicted molar refractivity (Wildman–Crippen MR) is 115 cm³/mol. The average molecular weight is 490 g/mol. The standard InChI is InChI=1S/C21H19IN2O4/c1-12-6-5-7-13(2)19(12)24-21(26)16(11-23)8-15-9-17(22)20(28-14(3)25)18(10-15)27-4/h5-10H,1-4H3,(H,24,26)/b16-8+. The summed E-state index contributed by atoms with van der Waals surface area (Å²) in [6.07, 6.45) is 1.46. The highest BCUT2D eigenvalue weighted by molar-refractivity contribution is 14.1. The zero-order chi connectivity index (χ0) is 20.8. The minimum atomic E-state index is -0.502. The lowest BCUT2D eigenvalue weighted by Crippen LogP contribution is -2.15. The third kappa shape index (κ3) is 5.10. The SMILES string of the molecule is COc1cc(/C=C(\C#N)C(=O)Nc2c(C)cccc2C)cc(I)c1OC(C)=O. The topological polar surface area (TPSA) is 88.4 Å². The van der Waals surface area contributed by atoms with Crippen LogP contribution in [0.25, 0.3) is 6.08 Å². The average Bonchev–Trinajstić information content (AvgIpc) is 2.64. The van der Waals surface area contributed by atoms with Crippen molar-refractivity contribution in [2.45, 2.75) is 20.8 Å². The Bertz CT molecular complexity index is 986. The van der Waals surface area contributed by atoms with E-state index in [4.69, 9.17) is 9.47 Å². The second kappa shape index (κ2) is 9.37. The molecular weight excluding hydrogens is 471 g/mol. The van der Waals surface area contributed by atoms with E-state index in [-0.39, 0.29) is 5.57 Å². The first kappa shape index (κ1) is 21.4. The van der Waals surface area contributed by atoms with Gasteiger partial charge in [0.25, 0.3) is 5.91 Å². The molecule has 0 bridgehead atoms. The molecule has 0 atom stereocenters. The van der Waals surface area contributed by atoms with Gasteiger partial charge in [-0.05, 0) is 71.3 Å². The zero-order valence-electron chi connectivity index (χ0n) is 15.9. The normalized spacial score (nSPS) is 10.8. The predicted octanol–water partition coefficient (Wildman–Crippen LogP) is 4.39. The maximum atomic E-state index is 12.6. The van der Waals surface area contributed by atoms with Gasteiger partial charge in [0.2, 0.25) is 0 Å². The Morgan fingerprint density at radius 2 is 1.86 bits per heavy atom. The third-order valence-electron chi connectivity index (χ3n) is 3.89. The molecule has 0 aliphatic heterocycles. The maximum Gasteiger partial charge on any atom is 0.308 e. The molecule has 0 fully saturated rings. The lowest BCUT2D eigenvalue weighted by Gasteiger charge is -2.12. The van der Waals surface area contributed by atoms with E-state index in [2.05, 4.69) is 5.32 Å². The molecule has 2 aromatic carbocycles. The molecule has 0 aliphatic carbocycles. The number of ether oxygens (including phenoxy) is 2. The van der Waals surface area contributed by atoms with Crippen LogP contribution in [0.4, 0.5) is 5.69 Å². The Morgan fingerprint density at radius 3 is 2.39 bits per heavy atom. The van der Waals surface area contributed by atoms with Crippen LogP contribution in [0.3, 0.4) is 0 Å². The van der Waals surface area contributed by atoms with Crippen LogP contribution >= 0.6 is 22.6 Å². The van der Waals surface area contributed by atoms with E-state index in [1.807, 2.05) is 60.7 Å². The number of carbonyl (C=O) groups excluding carboxylic acids is 2. The quantitative estimate of drug-likeness (QED) is 0.221. The van der Waals surface area contributed by atoms with Crippen LogP contribution in [0.2, 0.25) is 0 Å². The van der Waals surface area contributed by atoms with E-state index in [0.717, 1.165) is 11.1 Å². The number of nitrogens with one attached hydrogen (secondary N) is 1. The van der Waals surface area contributed by atoms with Crippen molar-refractivity contribution in [3.63, 3.8) is 0 Å². The first-order valence-electron chi connectivity index (χ1n) is 8.32. The van der Waals surface area contributed by atoms with E-state index >= 15 is 0 Å². The molecule has 0 spiro atoms. The molecule has 0 aromatic heterocycles. The van der Waals surface area contributed by atoms with Crippen molar-refractivity contribution < 1.29 is 19.1 Å². The number of amides is 1. The Balaban J connectivity index is 2.38. The van der Waals surface area contributed by atoms with E-state index < -0.39 is 11.9 Å². The molecule has 1 N–H and O–H groups in total. The number of para-hydroxylation sites is 1. The van der Waals surface area contributed by atoms with E-state index in [1.165, 1.54) is 20.1 Å². The molecule has 6 nitrogen and oxygen atoms in total. The van der Waals surface area contributed by atoms with Crippen LogP contribution in [-0.4, -0.2) is 19.0 Å². The summed E-state index contributed by atoms with van der Waals surface area (Å²) in [5, 5.41) is 12.3. The van der Waals surface area contributed by atoms with Gasteiger partial charge in [-0.1, -0.05) is 18.2 Å². The highest BCUT2D eigenvalue weighted by atomic mass is 127. The molecule has 0 heterocycles. The number of hydrogen-bond donors (Lipinski definition) is 1. The van der Waals surface area contributed by atoms with Gasteiger partial charge in [-0.15, -0.1) is 0 Å². The van der Waals surface area contributed by atoms with Crippen molar-refractivity contribution in [3.8, 4) is 17.6 Å². The van der Waals surface area contributed by atoms with E-state index in [9.17, 15) is 14.9 Å². The molecule has 2 rings (SSSR count). The van der Waals surface area contributed by atoms with Crippen molar-refractivity contribution in [2.75, 3.05) is 12.4 Å². The fraction of sp³-hybridized carbons (Fsp3) is 0.190. The molecule has 1 amide bonds. The number of methoxy groups -OCH3 is 1. The van der Waals surface area contributed by atoms with Crippen LogP contribution in [0, 0.1) is 28.7 Å². The minimum absolute atomic E-state index is 0.0549. The Kier molecular flexibility index (Phi) is 7.18. The van der Waals surface area contributed by atoms with Gasteiger partial charge in [-0.2, -0.15) is 5.26 Å². The molecule has 0 aliphatic rings. The lowest BCUT2D eigenvalue weighted by atomic mass is 10.1. The summed E-state index contributed by atoms with van der Waals surface area (Å²) in [6, 6.07) is 10.9. The van der Waals surface area contributed by atoms with Gasteiger partial charge in [0.15, 0.2) is 11.5 Å². The van der Waals surface area contributed by atoms with E-state index in [1.54, 1.807) is 12.1 Å². The number of hydrogen-bond acceptors (Lipinski definition) is 5. The fourth-order valence-electron chi connectivity index (χ4n) is 2.57. The molecule has 0 saturated heterocycles. The van der Waals surface area contributed by atoms with Crippen molar-refractivity contribution in [1.82, 2.24) is 0 Å².